The minimum atomic E-state index is -0.650. The van der Waals surface area contributed by atoms with Crippen LogP contribution in [0.15, 0.2) is 78.4 Å². The molecule has 1 amide bonds. The van der Waals surface area contributed by atoms with Crippen molar-refractivity contribution in [1.29, 1.82) is 0 Å². The number of Topliss-reactive ketones (excluding diaryl/α,β-unsaturated/α-hetero) is 1. The lowest BCUT2D eigenvalue weighted by Crippen LogP contribution is -2.30. The zero-order chi connectivity index (χ0) is 27.2. The summed E-state index contributed by atoms with van der Waals surface area (Å²) >= 11 is 0. The monoisotopic (exact) mass is 512 g/mol. The molecule has 0 aromatic heterocycles. The average molecular weight is 513 g/mol. The molecule has 1 heterocycles. The number of hydrogen-bond acceptors (Lipinski definition) is 5. The van der Waals surface area contributed by atoms with Gasteiger partial charge in [0.2, 0.25) is 0 Å². The van der Waals surface area contributed by atoms with Crippen LogP contribution < -0.4 is 9.64 Å². The van der Waals surface area contributed by atoms with Crippen LogP contribution in [0.3, 0.4) is 0 Å². The summed E-state index contributed by atoms with van der Waals surface area (Å²) in [5.41, 5.74) is 4.31. The summed E-state index contributed by atoms with van der Waals surface area (Å²) in [4.78, 5) is 30.0. The Morgan fingerprint density at radius 3 is 2.32 bits per heavy atom. The van der Waals surface area contributed by atoms with E-state index in [2.05, 4.69) is 6.92 Å². The number of likely N-dealkylation sites (tertiary alicyclic amines) is 1. The van der Waals surface area contributed by atoms with Crippen molar-refractivity contribution in [2.24, 2.45) is 0 Å². The van der Waals surface area contributed by atoms with Gasteiger partial charge in [0.05, 0.1) is 11.6 Å². The molecule has 0 radical (unpaired) electrons. The molecule has 6 nitrogen and oxygen atoms in total. The van der Waals surface area contributed by atoms with Gasteiger partial charge in [-0.1, -0.05) is 62.2 Å². The minimum absolute atomic E-state index is 0.126. The van der Waals surface area contributed by atoms with Crippen molar-refractivity contribution in [3.63, 3.8) is 0 Å². The summed E-state index contributed by atoms with van der Waals surface area (Å²) in [7, 11) is 3.92. The highest BCUT2D eigenvalue weighted by Crippen LogP contribution is 2.40. The molecule has 0 saturated carbocycles. The molecule has 1 fully saturated rings. The molecule has 0 spiro atoms. The fourth-order valence-electron chi connectivity index (χ4n) is 4.79. The quantitative estimate of drug-likeness (QED) is 0.150. The van der Waals surface area contributed by atoms with Gasteiger partial charge in [0.25, 0.3) is 11.7 Å². The predicted octanol–water partition coefficient (Wildman–Crippen LogP) is 6.25. The van der Waals surface area contributed by atoms with Crippen molar-refractivity contribution in [3.05, 3.63) is 101 Å². The van der Waals surface area contributed by atoms with Gasteiger partial charge in [-0.15, -0.1) is 0 Å². The molecule has 0 aliphatic carbocycles. The molecule has 38 heavy (non-hydrogen) atoms. The number of aliphatic hydroxyl groups excluding tert-OH is 1. The van der Waals surface area contributed by atoms with Crippen LogP contribution in [0.5, 0.6) is 5.75 Å². The van der Waals surface area contributed by atoms with Crippen molar-refractivity contribution in [2.75, 3.05) is 25.5 Å². The van der Waals surface area contributed by atoms with E-state index < -0.39 is 17.7 Å². The van der Waals surface area contributed by atoms with Crippen molar-refractivity contribution in [1.82, 2.24) is 4.90 Å². The molecular weight excluding hydrogens is 476 g/mol. The summed E-state index contributed by atoms with van der Waals surface area (Å²) < 4.78 is 5.98. The second-order valence-corrected chi connectivity index (χ2v) is 9.94. The second kappa shape index (κ2) is 12.0. The maximum absolute atomic E-state index is 13.3. The first-order valence-electron chi connectivity index (χ1n) is 13.1. The lowest BCUT2D eigenvalue weighted by molar-refractivity contribution is -0.139. The number of nitrogens with zero attached hydrogens (tertiary/aromatic N) is 2. The highest BCUT2D eigenvalue weighted by atomic mass is 16.5. The third-order valence-electron chi connectivity index (χ3n) is 6.95. The summed E-state index contributed by atoms with van der Waals surface area (Å²) in [5, 5.41) is 11.4. The van der Waals surface area contributed by atoms with Crippen molar-refractivity contribution in [3.8, 4) is 5.75 Å². The number of rotatable bonds is 10. The van der Waals surface area contributed by atoms with Gasteiger partial charge in [0, 0.05) is 31.9 Å². The minimum Gasteiger partial charge on any atom is -0.507 e. The van der Waals surface area contributed by atoms with Crippen LogP contribution in [0.25, 0.3) is 5.76 Å². The number of anilines is 1. The molecule has 0 bridgehead atoms. The number of aryl methyl sites for hydroxylation is 1. The Bertz CT molecular complexity index is 1310. The first-order chi connectivity index (χ1) is 18.3. The smallest absolute Gasteiger partial charge is 0.295 e. The van der Waals surface area contributed by atoms with Gasteiger partial charge in [-0.2, -0.15) is 0 Å². The molecule has 1 unspecified atom stereocenters. The Morgan fingerprint density at radius 1 is 0.974 bits per heavy atom. The molecule has 1 aliphatic rings. The van der Waals surface area contributed by atoms with Crippen molar-refractivity contribution >= 4 is 23.1 Å². The maximum atomic E-state index is 13.3. The Labute approximate surface area is 225 Å². The number of ketones is 1. The third-order valence-corrected chi connectivity index (χ3v) is 6.95. The van der Waals surface area contributed by atoms with Gasteiger partial charge in [0.1, 0.15) is 18.1 Å². The standard InChI is InChI=1S/C32H36N2O4/c1-5-6-10-19-34-29(24-13-16-26(17-14-24)33(3)4)28(31(36)32(34)37)30(35)25-15-18-27(22(2)20-25)38-21-23-11-8-7-9-12-23/h7-9,11-18,20,29,35H,5-6,10,19,21H2,1-4H3/b30-28-. The molecular formula is C32H36N2O4. The van der Waals surface area contributed by atoms with Gasteiger partial charge >= 0.3 is 0 Å². The normalized spacial score (nSPS) is 16.6. The van der Waals surface area contributed by atoms with E-state index in [1.54, 1.807) is 23.1 Å². The Balaban J connectivity index is 1.69. The number of ether oxygens (including phenoxy) is 1. The third kappa shape index (κ3) is 5.75. The molecule has 198 valence electrons. The Hall–Kier alpha value is -4.06. The first kappa shape index (κ1) is 27.0. The van der Waals surface area contributed by atoms with E-state index >= 15 is 0 Å². The fourth-order valence-corrected chi connectivity index (χ4v) is 4.79. The van der Waals surface area contributed by atoms with E-state index in [1.165, 1.54) is 0 Å². The number of unbranched alkanes of at least 4 members (excludes halogenated alkanes) is 2. The maximum Gasteiger partial charge on any atom is 0.295 e. The summed E-state index contributed by atoms with van der Waals surface area (Å²) in [6.07, 6.45) is 2.76. The van der Waals surface area contributed by atoms with Crippen LogP contribution >= 0.6 is 0 Å². The van der Waals surface area contributed by atoms with E-state index in [0.29, 0.717) is 24.5 Å². The number of amides is 1. The molecule has 1 saturated heterocycles. The predicted molar refractivity (Wildman–Crippen MR) is 151 cm³/mol. The SMILES string of the molecule is CCCCCN1C(=O)C(=O)/C(=C(\O)c2ccc(OCc3ccccc3)c(C)c2)C1c1ccc(N(C)C)cc1. The zero-order valence-corrected chi connectivity index (χ0v) is 22.6. The summed E-state index contributed by atoms with van der Waals surface area (Å²) in [6, 6.07) is 22.4. The largest absolute Gasteiger partial charge is 0.507 e. The Morgan fingerprint density at radius 2 is 1.68 bits per heavy atom. The van der Waals surface area contributed by atoms with E-state index in [-0.39, 0.29) is 11.3 Å². The molecule has 1 aliphatic heterocycles. The number of carbonyl (C=O) groups excluding carboxylic acids is 2. The highest BCUT2D eigenvalue weighted by molar-refractivity contribution is 6.46. The molecule has 6 heteroatoms. The number of benzene rings is 3. The molecule has 1 N–H and O–H groups in total. The van der Waals surface area contributed by atoms with Gasteiger partial charge < -0.3 is 19.6 Å². The summed E-state index contributed by atoms with van der Waals surface area (Å²) in [6.45, 7) is 4.89. The van der Waals surface area contributed by atoms with Gasteiger partial charge in [-0.05, 0) is 60.4 Å². The summed E-state index contributed by atoms with van der Waals surface area (Å²) in [5.74, 6) is -0.686. The van der Waals surface area contributed by atoms with Crippen LogP contribution in [0.2, 0.25) is 0 Å². The van der Waals surface area contributed by atoms with Gasteiger partial charge in [0.15, 0.2) is 0 Å². The molecule has 3 aromatic carbocycles. The molecule has 3 aromatic rings. The second-order valence-electron chi connectivity index (χ2n) is 9.94. The number of hydrogen-bond donors (Lipinski definition) is 1. The van der Waals surface area contributed by atoms with E-state index in [0.717, 1.165) is 41.6 Å². The van der Waals surface area contributed by atoms with Gasteiger partial charge in [-0.25, -0.2) is 0 Å². The van der Waals surface area contributed by atoms with Crippen LogP contribution in [-0.4, -0.2) is 42.3 Å². The fraction of sp³-hybridized carbons (Fsp3) is 0.312. The lowest BCUT2D eigenvalue weighted by Gasteiger charge is -2.26. The van der Waals surface area contributed by atoms with E-state index in [1.807, 2.05) is 80.5 Å². The average Bonchev–Trinajstić information content (AvgIpc) is 3.17. The van der Waals surface area contributed by atoms with E-state index in [4.69, 9.17) is 4.74 Å². The first-order valence-corrected chi connectivity index (χ1v) is 13.1. The van der Waals surface area contributed by atoms with Crippen molar-refractivity contribution in [2.45, 2.75) is 45.8 Å². The van der Waals surface area contributed by atoms with Crippen LogP contribution in [0.1, 0.15) is 54.5 Å². The number of carbonyl (C=O) groups is 2. The van der Waals surface area contributed by atoms with Crippen LogP contribution in [0.4, 0.5) is 5.69 Å². The zero-order valence-electron chi connectivity index (χ0n) is 22.6. The topological polar surface area (TPSA) is 70.1 Å². The van der Waals surface area contributed by atoms with Crippen LogP contribution in [-0.2, 0) is 16.2 Å². The lowest BCUT2D eigenvalue weighted by atomic mass is 9.94. The van der Waals surface area contributed by atoms with Crippen LogP contribution in [0, 0.1) is 6.92 Å². The van der Waals surface area contributed by atoms with Crippen molar-refractivity contribution < 1.29 is 19.4 Å². The molecule has 4 rings (SSSR count). The highest BCUT2D eigenvalue weighted by Gasteiger charge is 2.45. The van der Waals surface area contributed by atoms with Gasteiger partial charge in [-0.3, -0.25) is 9.59 Å². The number of aliphatic hydroxyl groups is 1. The Kier molecular flexibility index (Phi) is 8.52. The molecule has 1 atom stereocenters. The van der Waals surface area contributed by atoms with E-state index in [9.17, 15) is 14.7 Å².